The van der Waals surface area contributed by atoms with Crippen LogP contribution in [0.25, 0.3) is 11.2 Å². The van der Waals surface area contributed by atoms with Crippen LogP contribution in [0.2, 0.25) is 0 Å². The Morgan fingerprint density at radius 2 is 1.79 bits per heavy atom. The molecule has 1 saturated carbocycles. The molecular formula is C27H29N7. The van der Waals surface area contributed by atoms with Gasteiger partial charge in [-0.3, -0.25) is 0 Å². The number of nitriles is 1. The van der Waals surface area contributed by atoms with Gasteiger partial charge in [-0.05, 0) is 61.4 Å². The molecule has 0 radical (unpaired) electrons. The highest BCUT2D eigenvalue weighted by molar-refractivity contribution is 5.77. The molecule has 1 aliphatic carbocycles. The smallest absolute Gasteiger partial charge is 0.178 e. The maximum Gasteiger partial charge on any atom is 0.178 e. The average molecular weight is 452 g/mol. The van der Waals surface area contributed by atoms with Crippen LogP contribution in [-0.2, 0) is 5.41 Å². The van der Waals surface area contributed by atoms with Gasteiger partial charge in [-0.2, -0.15) is 5.26 Å². The van der Waals surface area contributed by atoms with Crippen molar-refractivity contribution < 1.29 is 0 Å². The van der Waals surface area contributed by atoms with Gasteiger partial charge in [0.1, 0.15) is 11.3 Å². The van der Waals surface area contributed by atoms with E-state index in [1.54, 1.807) is 0 Å². The second-order valence-corrected chi connectivity index (χ2v) is 9.19. The molecule has 2 aromatic carbocycles. The van der Waals surface area contributed by atoms with Gasteiger partial charge in [0.15, 0.2) is 5.65 Å². The molecule has 172 valence electrons. The SMILES string of the molecule is N#CC1(c2ccccc2)CCC(NCCC(c2ccccc2)c2cc(N)nc3[nH]nnc23)CC1. The minimum absolute atomic E-state index is 0.123. The molecule has 2 aromatic heterocycles. The molecule has 1 aliphatic rings. The Labute approximate surface area is 199 Å². The maximum atomic E-state index is 9.97. The number of aromatic amines is 1. The van der Waals surface area contributed by atoms with Crippen LogP contribution < -0.4 is 11.1 Å². The van der Waals surface area contributed by atoms with Crippen LogP contribution in [0.5, 0.6) is 0 Å². The van der Waals surface area contributed by atoms with Gasteiger partial charge < -0.3 is 11.1 Å². The van der Waals surface area contributed by atoms with Crippen molar-refractivity contribution in [2.45, 2.75) is 49.5 Å². The minimum atomic E-state index is -0.362. The number of hydrogen-bond donors (Lipinski definition) is 3. The van der Waals surface area contributed by atoms with Crippen molar-refractivity contribution in [3.05, 3.63) is 83.4 Å². The first-order valence-corrected chi connectivity index (χ1v) is 11.9. The number of anilines is 1. The van der Waals surface area contributed by atoms with Crippen molar-refractivity contribution in [3.63, 3.8) is 0 Å². The Bertz CT molecular complexity index is 1270. The first-order chi connectivity index (χ1) is 16.7. The van der Waals surface area contributed by atoms with Crippen molar-refractivity contribution in [2.75, 3.05) is 12.3 Å². The summed E-state index contributed by atoms with van der Waals surface area (Å²) in [5.41, 5.74) is 10.5. The Balaban J connectivity index is 1.28. The van der Waals surface area contributed by atoms with E-state index in [0.717, 1.165) is 55.3 Å². The van der Waals surface area contributed by atoms with Gasteiger partial charge >= 0.3 is 0 Å². The maximum absolute atomic E-state index is 9.97. The number of hydrogen-bond acceptors (Lipinski definition) is 6. The third-order valence-corrected chi connectivity index (χ3v) is 7.17. The van der Waals surface area contributed by atoms with Gasteiger partial charge in [-0.1, -0.05) is 65.9 Å². The Morgan fingerprint density at radius 1 is 1.09 bits per heavy atom. The van der Waals surface area contributed by atoms with Crippen LogP contribution >= 0.6 is 0 Å². The molecule has 0 aliphatic heterocycles. The molecule has 1 fully saturated rings. The third kappa shape index (κ3) is 4.37. The lowest BCUT2D eigenvalue weighted by atomic mass is 9.69. The average Bonchev–Trinajstić information content (AvgIpc) is 3.36. The van der Waals surface area contributed by atoms with E-state index in [2.05, 4.69) is 68.2 Å². The molecule has 0 saturated heterocycles. The molecule has 5 rings (SSSR count). The number of fused-ring (bicyclic) bond motifs is 1. The molecule has 7 heteroatoms. The van der Waals surface area contributed by atoms with E-state index in [-0.39, 0.29) is 11.3 Å². The molecular weight excluding hydrogens is 422 g/mol. The molecule has 4 N–H and O–H groups in total. The van der Waals surface area contributed by atoms with Crippen molar-refractivity contribution in [1.82, 2.24) is 25.7 Å². The van der Waals surface area contributed by atoms with Crippen molar-refractivity contribution in [3.8, 4) is 6.07 Å². The Morgan fingerprint density at radius 3 is 2.50 bits per heavy atom. The lowest BCUT2D eigenvalue weighted by Crippen LogP contribution is -2.39. The Kier molecular flexibility index (Phi) is 6.24. The predicted molar refractivity (Wildman–Crippen MR) is 133 cm³/mol. The van der Waals surface area contributed by atoms with E-state index in [1.165, 1.54) is 5.56 Å². The minimum Gasteiger partial charge on any atom is -0.384 e. The van der Waals surface area contributed by atoms with Gasteiger partial charge in [0, 0.05) is 12.0 Å². The summed E-state index contributed by atoms with van der Waals surface area (Å²) in [6, 6.07) is 25.7. The van der Waals surface area contributed by atoms with Crippen LogP contribution in [0.3, 0.4) is 0 Å². The second-order valence-electron chi connectivity index (χ2n) is 9.19. The summed E-state index contributed by atoms with van der Waals surface area (Å²) < 4.78 is 0. The fourth-order valence-corrected chi connectivity index (χ4v) is 5.31. The van der Waals surface area contributed by atoms with Crippen molar-refractivity contribution >= 4 is 17.0 Å². The van der Waals surface area contributed by atoms with E-state index in [1.807, 2.05) is 30.3 Å². The van der Waals surface area contributed by atoms with Gasteiger partial charge in [0.05, 0.1) is 11.5 Å². The zero-order valence-corrected chi connectivity index (χ0v) is 19.1. The van der Waals surface area contributed by atoms with Crippen LogP contribution in [0, 0.1) is 11.3 Å². The standard InChI is InChI=1S/C27H29N7/c28-18-27(20-9-5-2-6-10-20)14-11-21(12-15-27)30-16-13-22(19-7-3-1-4-8-19)23-17-24(29)31-26-25(23)32-34-33-26/h1-10,17,21-22,30H,11-16H2,(H3,29,31,32,33,34). The van der Waals surface area contributed by atoms with Gasteiger partial charge in [0.2, 0.25) is 0 Å². The molecule has 0 spiro atoms. The van der Waals surface area contributed by atoms with E-state index in [9.17, 15) is 5.26 Å². The number of nitrogens with zero attached hydrogens (tertiary/aromatic N) is 4. The van der Waals surface area contributed by atoms with Gasteiger partial charge in [0.25, 0.3) is 0 Å². The van der Waals surface area contributed by atoms with Gasteiger partial charge in [-0.15, -0.1) is 5.10 Å². The fraction of sp³-hybridized carbons (Fsp3) is 0.333. The van der Waals surface area contributed by atoms with Crippen LogP contribution in [0.15, 0.2) is 66.7 Å². The second kappa shape index (κ2) is 9.62. The van der Waals surface area contributed by atoms with E-state index >= 15 is 0 Å². The first-order valence-electron chi connectivity index (χ1n) is 11.9. The zero-order valence-electron chi connectivity index (χ0n) is 19.1. The van der Waals surface area contributed by atoms with Gasteiger partial charge in [-0.25, -0.2) is 10.1 Å². The number of benzene rings is 2. The molecule has 1 unspecified atom stereocenters. The number of rotatable bonds is 7. The first kappa shape index (κ1) is 22.1. The van der Waals surface area contributed by atoms with Crippen LogP contribution in [-0.4, -0.2) is 33.0 Å². The highest BCUT2D eigenvalue weighted by atomic mass is 15.3. The predicted octanol–water partition coefficient (Wildman–Crippen LogP) is 4.45. The summed E-state index contributed by atoms with van der Waals surface area (Å²) in [5.74, 6) is 0.584. The van der Waals surface area contributed by atoms with Crippen molar-refractivity contribution in [1.29, 1.82) is 5.26 Å². The van der Waals surface area contributed by atoms with E-state index < -0.39 is 0 Å². The monoisotopic (exact) mass is 451 g/mol. The normalized spacial score (nSPS) is 21.2. The largest absolute Gasteiger partial charge is 0.384 e. The van der Waals surface area contributed by atoms with Crippen molar-refractivity contribution in [2.24, 2.45) is 0 Å². The lowest BCUT2D eigenvalue weighted by Gasteiger charge is -2.36. The number of nitrogens with one attached hydrogen (secondary N) is 2. The molecule has 2 heterocycles. The number of pyridine rings is 1. The number of nitrogen functional groups attached to an aromatic ring is 1. The summed E-state index contributed by atoms with van der Waals surface area (Å²) in [7, 11) is 0. The number of aromatic nitrogens is 4. The molecule has 4 aromatic rings. The summed E-state index contributed by atoms with van der Waals surface area (Å²) in [5, 5.41) is 24.8. The summed E-state index contributed by atoms with van der Waals surface area (Å²) in [6.45, 7) is 0.858. The summed E-state index contributed by atoms with van der Waals surface area (Å²) in [6.07, 6.45) is 4.65. The third-order valence-electron chi connectivity index (χ3n) is 7.17. The van der Waals surface area contributed by atoms with Crippen LogP contribution in [0.1, 0.15) is 54.7 Å². The fourth-order valence-electron chi connectivity index (χ4n) is 5.31. The molecule has 0 amide bonds. The highest BCUT2D eigenvalue weighted by Crippen LogP contribution is 2.39. The topological polar surface area (TPSA) is 116 Å². The van der Waals surface area contributed by atoms with Crippen LogP contribution in [0.4, 0.5) is 5.82 Å². The lowest BCUT2D eigenvalue weighted by molar-refractivity contribution is 0.294. The molecule has 0 bridgehead atoms. The number of nitrogens with two attached hydrogens (primary N) is 1. The van der Waals surface area contributed by atoms with E-state index in [4.69, 9.17) is 5.73 Å². The molecule has 7 nitrogen and oxygen atoms in total. The Hall–Kier alpha value is -3.76. The zero-order chi connectivity index (χ0) is 23.4. The molecule has 1 atom stereocenters. The summed E-state index contributed by atoms with van der Waals surface area (Å²) >= 11 is 0. The number of H-pyrrole nitrogens is 1. The quantitative estimate of drug-likeness (QED) is 0.382. The molecule has 34 heavy (non-hydrogen) atoms. The summed E-state index contributed by atoms with van der Waals surface area (Å²) in [4.78, 5) is 4.33. The van der Waals surface area contributed by atoms with E-state index in [0.29, 0.717) is 17.5 Å². The highest BCUT2D eigenvalue weighted by Gasteiger charge is 2.37.